The van der Waals surface area contributed by atoms with Gasteiger partial charge < -0.3 is 9.69 Å². The lowest BCUT2D eigenvalue weighted by molar-refractivity contribution is -0.136. The maximum absolute atomic E-state index is 13.2. The number of carbonyl (C=O) groups is 5. The van der Waals surface area contributed by atoms with Crippen LogP contribution in [-0.4, -0.2) is 53.9 Å². The quantitative estimate of drug-likeness (QED) is 0.593. The monoisotopic (exact) mass is 397 g/mol. The Hall–Kier alpha value is -3.03. The van der Waals surface area contributed by atoms with Crippen LogP contribution in [0.5, 0.6) is 0 Å². The smallest absolute Gasteiger partial charge is 0.264 e. The number of fused-ring (bicyclic) bond motifs is 1. The van der Waals surface area contributed by atoms with Crippen molar-refractivity contribution in [2.24, 2.45) is 5.92 Å². The van der Waals surface area contributed by atoms with E-state index < -0.39 is 23.8 Å². The van der Waals surface area contributed by atoms with E-state index in [0.29, 0.717) is 29.2 Å². The minimum Gasteiger partial charge on any atom is -0.371 e. The van der Waals surface area contributed by atoms with E-state index in [9.17, 15) is 24.0 Å². The summed E-state index contributed by atoms with van der Waals surface area (Å²) in [6, 6.07) is 4.25. The average Bonchev–Trinajstić information content (AvgIpc) is 2.98. The van der Waals surface area contributed by atoms with E-state index >= 15 is 0 Å². The Morgan fingerprint density at radius 1 is 1.03 bits per heavy atom. The largest absolute Gasteiger partial charge is 0.371 e. The van der Waals surface area contributed by atoms with Crippen LogP contribution >= 0.6 is 0 Å². The van der Waals surface area contributed by atoms with Crippen LogP contribution in [0.1, 0.15) is 59.2 Å². The maximum atomic E-state index is 13.2. The van der Waals surface area contributed by atoms with Gasteiger partial charge in [0.2, 0.25) is 11.8 Å². The Morgan fingerprint density at radius 2 is 1.79 bits per heavy atom. The van der Waals surface area contributed by atoms with Crippen molar-refractivity contribution in [3.05, 3.63) is 29.3 Å². The molecule has 8 nitrogen and oxygen atoms in total. The van der Waals surface area contributed by atoms with Crippen LogP contribution in [0.4, 0.5) is 5.69 Å². The second kappa shape index (κ2) is 7.77. The first-order chi connectivity index (χ1) is 14.0. The molecule has 29 heavy (non-hydrogen) atoms. The van der Waals surface area contributed by atoms with Crippen LogP contribution in [-0.2, 0) is 14.4 Å². The second-order valence-corrected chi connectivity index (χ2v) is 7.82. The molecule has 1 aromatic rings. The third kappa shape index (κ3) is 3.43. The van der Waals surface area contributed by atoms with Gasteiger partial charge in [-0.05, 0) is 43.7 Å². The molecule has 4 rings (SSSR count). The minimum absolute atomic E-state index is 0.102. The number of nitrogens with one attached hydrogen (secondary N) is 1. The van der Waals surface area contributed by atoms with Gasteiger partial charge in [-0.25, -0.2) is 0 Å². The number of piperidine rings is 2. The van der Waals surface area contributed by atoms with Crippen LogP contribution in [0.2, 0.25) is 0 Å². The van der Waals surface area contributed by atoms with E-state index in [0.717, 1.165) is 43.5 Å². The van der Waals surface area contributed by atoms with E-state index in [1.54, 1.807) is 12.1 Å². The summed E-state index contributed by atoms with van der Waals surface area (Å²) >= 11 is 0. The van der Waals surface area contributed by atoms with Gasteiger partial charge in [-0.15, -0.1) is 0 Å². The summed E-state index contributed by atoms with van der Waals surface area (Å²) in [6.45, 7) is 1.50. The summed E-state index contributed by atoms with van der Waals surface area (Å²) in [5, 5.41) is 2.21. The molecule has 0 aliphatic carbocycles. The number of benzene rings is 1. The number of imide groups is 2. The Morgan fingerprint density at radius 3 is 2.48 bits per heavy atom. The molecule has 1 aromatic carbocycles. The van der Waals surface area contributed by atoms with Crippen LogP contribution in [0.15, 0.2) is 18.2 Å². The van der Waals surface area contributed by atoms with Gasteiger partial charge in [0.05, 0.1) is 16.8 Å². The minimum atomic E-state index is -0.956. The number of hydrogen-bond acceptors (Lipinski definition) is 6. The fourth-order valence-electron chi connectivity index (χ4n) is 4.53. The SMILES string of the molecule is O=CCCC1CCN(c2cccc3c2C(=O)N(C2CCC(=O)NC2=O)C3=O)CC1. The average molecular weight is 397 g/mol. The number of amides is 4. The number of aldehydes is 1. The van der Waals surface area contributed by atoms with Crippen molar-refractivity contribution >= 4 is 35.6 Å². The Bertz CT molecular complexity index is 888. The van der Waals surface area contributed by atoms with Gasteiger partial charge in [0.15, 0.2) is 0 Å². The highest BCUT2D eigenvalue weighted by Gasteiger charge is 2.46. The highest BCUT2D eigenvalue weighted by atomic mass is 16.2. The molecule has 0 bridgehead atoms. The lowest BCUT2D eigenvalue weighted by Crippen LogP contribution is -2.54. The molecule has 152 valence electrons. The lowest BCUT2D eigenvalue weighted by Gasteiger charge is -2.34. The standard InChI is InChI=1S/C21H23N3O5/c25-12-2-3-13-8-10-23(11-9-13)15-5-1-4-14-18(15)21(29)24(20(14)28)16-6-7-17(26)22-19(16)27/h1,4-5,12-13,16H,2-3,6-11H2,(H,22,26,27). The van der Waals surface area contributed by atoms with Crippen LogP contribution in [0.25, 0.3) is 0 Å². The van der Waals surface area contributed by atoms with E-state index in [-0.39, 0.29) is 18.7 Å². The molecule has 0 aromatic heterocycles. The molecule has 2 fully saturated rings. The van der Waals surface area contributed by atoms with Gasteiger partial charge in [0.1, 0.15) is 12.3 Å². The second-order valence-electron chi connectivity index (χ2n) is 7.82. The molecule has 1 unspecified atom stereocenters. The molecule has 0 saturated carbocycles. The maximum Gasteiger partial charge on any atom is 0.264 e. The predicted octanol–water partition coefficient (Wildman–Crippen LogP) is 1.28. The third-order valence-electron chi connectivity index (χ3n) is 6.09. The molecule has 4 amide bonds. The van der Waals surface area contributed by atoms with E-state index in [1.165, 1.54) is 0 Å². The number of hydrogen-bond donors (Lipinski definition) is 1. The lowest BCUT2D eigenvalue weighted by atomic mass is 9.91. The van der Waals surface area contributed by atoms with Gasteiger partial charge in [0, 0.05) is 25.9 Å². The highest BCUT2D eigenvalue weighted by Crippen LogP contribution is 2.36. The molecule has 2 saturated heterocycles. The first-order valence-corrected chi connectivity index (χ1v) is 10.0. The number of carbonyl (C=O) groups excluding carboxylic acids is 5. The molecular weight excluding hydrogens is 374 g/mol. The number of anilines is 1. The summed E-state index contributed by atoms with van der Waals surface area (Å²) in [7, 11) is 0. The Balaban J connectivity index is 1.56. The van der Waals surface area contributed by atoms with Crippen molar-refractivity contribution in [1.29, 1.82) is 0 Å². The zero-order valence-electron chi connectivity index (χ0n) is 16.1. The molecule has 8 heteroatoms. The zero-order chi connectivity index (χ0) is 20.5. The predicted molar refractivity (Wildman–Crippen MR) is 103 cm³/mol. The van der Waals surface area contributed by atoms with Crippen molar-refractivity contribution in [1.82, 2.24) is 10.2 Å². The molecule has 1 N–H and O–H groups in total. The molecule has 3 aliphatic heterocycles. The van der Waals surface area contributed by atoms with Gasteiger partial charge in [-0.1, -0.05) is 6.07 Å². The first-order valence-electron chi connectivity index (χ1n) is 10.0. The molecule has 3 heterocycles. The summed E-state index contributed by atoms with van der Waals surface area (Å²) < 4.78 is 0. The van der Waals surface area contributed by atoms with Gasteiger partial charge in [-0.3, -0.25) is 29.4 Å². The van der Waals surface area contributed by atoms with Gasteiger partial charge in [0.25, 0.3) is 11.8 Å². The molecular formula is C21H23N3O5. The van der Waals surface area contributed by atoms with Crippen molar-refractivity contribution in [2.45, 2.75) is 44.6 Å². The van der Waals surface area contributed by atoms with Crippen molar-refractivity contribution in [3.8, 4) is 0 Å². The van der Waals surface area contributed by atoms with Gasteiger partial charge >= 0.3 is 0 Å². The molecule has 1 atom stereocenters. The van der Waals surface area contributed by atoms with Gasteiger partial charge in [-0.2, -0.15) is 0 Å². The van der Waals surface area contributed by atoms with Crippen molar-refractivity contribution < 1.29 is 24.0 Å². The van der Waals surface area contributed by atoms with E-state index in [1.807, 2.05) is 6.07 Å². The van der Waals surface area contributed by atoms with Crippen molar-refractivity contribution in [3.63, 3.8) is 0 Å². The number of nitrogens with zero attached hydrogens (tertiary/aromatic N) is 2. The first kappa shape index (κ1) is 19.3. The molecule has 0 radical (unpaired) electrons. The van der Waals surface area contributed by atoms with Crippen LogP contribution < -0.4 is 10.2 Å². The summed E-state index contributed by atoms with van der Waals surface area (Å²) in [5.41, 5.74) is 1.36. The fourth-order valence-corrected chi connectivity index (χ4v) is 4.53. The normalized spacial score (nSPS) is 22.7. The van der Waals surface area contributed by atoms with Crippen molar-refractivity contribution in [2.75, 3.05) is 18.0 Å². The Kier molecular flexibility index (Phi) is 5.17. The van der Waals surface area contributed by atoms with E-state index in [2.05, 4.69) is 10.2 Å². The van der Waals surface area contributed by atoms with Crippen LogP contribution in [0, 0.1) is 5.92 Å². The van der Waals surface area contributed by atoms with Crippen LogP contribution in [0.3, 0.4) is 0 Å². The molecule has 3 aliphatic rings. The van der Waals surface area contributed by atoms with E-state index in [4.69, 9.17) is 0 Å². The zero-order valence-corrected chi connectivity index (χ0v) is 16.1. The summed E-state index contributed by atoms with van der Waals surface area (Å²) in [5.74, 6) is -1.46. The Labute approximate surface area is 168 Å². The third-order valence-corrected chi connectivity index (χ3v) is 6.09. The molecule has 0 spiro atoms. The highest BCUT2D eigenvalue weighted by molar-refractivity contribution is 6.25. The topological polar surface area (TPSA) is 104 Å². The number of rotatable bonds is 5. The summed E-state index contributed by atoms with van der Waals surface area (Å²) in [4.78, 5) is 63.5. The summed E-state index contributed by atoms with van der Waals surface area (Å²) in [6.07, 6.45) is 4.50. The fraction of sp³-hybridized carbons (Fsp3) is 0.476.